The maximum absolute atomic E-state index is 13.5. The molecule has 0 N–H and O–H groups in total. The molecule has 0 unspecified atom stereocenters. The van der Waals surface area contributed by atoms with Gasteiger partial charge in [0.05, 0.1) is 5.41 Å². The summed E-state index contributed by atoms with van der Waals surface area (Å²) in [6.45, 7) is 12.8. The molecule has 1 heterocycles. The van der Waals surface area contributed by atoms with Gasteiger partial charge in [0.1, 0.15) is 5.82 Å². The second-order valence-electron chi connectivity index (χ2n) is 20.3. The molecule has 0 bridgehead atoms. The number of rotatable bonds is 4. The van der Waals surface area contributed by atoms with Crippen LogP contribution in [0.15, 0.2) is 273 Å². The van der Waals surface area contributed by atoms with Crippen LogP contribution in [-0.4, -0.2) is 0 Å². The minimum absolute atomic E-state index is 0.156. The van der Waals surface area contributed by atoms with Gasteiger partial charge in [0.2, 0.25) is 0 Å². The summed E-state index contributed by atoms with van der Waals surface area (Å²) < 4.78 is 16.3. The summed E-state index contributed by atoms with van der Waals surface area (Å²) in [5, 5.41) is 8.11. The fourth-order valence-corrected chi connectivity index (χ4v) is 12.1. The maximum Gasteiger partial charge on any atom is 0.131 e. The lowest BCUT2D eigenvalue weighted by Crippen LogP contribution is -2.28. The predicted octanol–water partition coefficient (Wildman–Crippen LogP) is 21.4. The van der Waals surface area contributed by atoms with Crippen LogP contribution in [-0.2, 0) is 11.8 Å². The molecule has 0 fully saturated rings. The fourth-order valence-electron chi connectivity index (χ4n) is 11.0. The molecule has 0 radical (unpaired) electrons. The number of hydrogen-bond acceptors (Lipinski definition) is 1. The van der Waals surface area contributed by atoms with Gasteiger partial charge in [-0.25, -0.2) is 4.39 Å². The first-order valence-corrected chi connectivity index (χ1v) is 27.9. The van der Waals surface area contributed by atoms with E-state index in [2.05, 4.69) is 253 Å². The zero-order chi connectivity index (χ0) is 54.0. The Morgan fingerprint density at radius 3 is 1.49 bits per heavy atom. The average molecular weight is 1030 g/mol. The first kappa shape index (κ1) is 52.7. The van der Waals surface area contributed by atoms with E-state index >= 15 is 0 Å². The van der Waals surface area contributed by atoms with Gasteiger partial charge in [-0.3, -0.25) is 0 Å². The van der Waals surface area contributed by atoms with E-state index in [1.54, 1.807) is 6.07 Å². The third kappa shape index (κ3) is 11.2. The molecule has 13 aromatic rings. The van der Waals surface area contributed by atoms with Crippen molar-refractivity contribution in [2.45, 2.75) is 53.4 Å². The molecule has 382 valence electrons. The van der Waals surface area contributed by atoms with Crippen molar-refractivity contribution in [2.75, 3.05) is 0 Å². The molecule has 0 nitrogen and oxygen atoms in total. The van der Waals surface area contributed by atoms with Crippen LogP contribution < -0.4 is 0 Å². The minimum Gasteiger partial charge on any atom is -0.206 e. The molecule has 1 aliphatic rings. The van der Waals surface area contributed by atoms with Gasteiger partial charge in [0, 0.05) is 25.7 Å². The molecular weight excluding hydrogens is 964 g/mol. The normalized spacial score (nSPS) is 11.7. The summed E-state index contributed by atoms with van der Waals surface area (Å²) >= 11 is 1.87. The molecule has 0 spiro atoms. The van der Waals surface area contributed by atoms with Crippen molar-refractivity contribution >= 4 is 53.1 Å². The molecule has 0 amide bonds. The van der Waals surface area contributed by atoms with Crippen molar-refractivity contribution in [3.8, 4) is 22.3 Å². The van der Waals surface area contributed by atoms with Crippen LogP contribution in [0.5, 0.6) is 0 Å². The minimum atomic E-state index is -0.325. The van der Waals surface area contributed by atoms with Crippen molar-refractivity contribution in [2.24, 2.45) is 0 Å². The van der Waals surface area contributed by atoms with Crippen molar-refractivity contribution in [3.05, 3.63) is 334 Å². The Morgan fingerprint density at radius 1 is 0.359 bits per heavy atom. The second-order valence-corrected chi connectivity index (χ2v) is 21.4. The number of thiophene rings is 1. The molecule has 0 atom stereocenters. The Balaban J connectivity index is 0.000000122. The van der Waals surface area contributed by atoms with Gasteiger partial charge >= 0.3 is 0 Å². The Labute approximate surface area is 464 Å². The highest BCUT2D eigenvalue weighted by Crippen LogP contribution is 2.58. The van der Waals surface area contributed by atoms with Gasteiger partial charge in [-0.05, 0) is 142 Å². The van der Waals surface area contributed by atoms with Gasteiger partial charge < -0.3 is 0 Å². The summed E-state index contributed by atoms with van der Waals surface area (Å²) in [6, 6.07) is 95.8. The standard InChI is InChI=1S/C31H24.C13H11F.C13H10S.C11H10.C8H10/c1-21-17-18-27-28(19-21)31(23-11-5-3-6-12-23,24-13-7-4-8-14-24)29-20-22(2)25-15-9-10-16-26(25)30(27)29;1-10-7-8-12(13(14)9-10)11-5-3-2-4-6-11;1-9-6-7-13-11(8-9)10-4-2-3-5-12(10)14-13;1-9-6-7-10-4-2-3-5-11(10)8-9;1-2-8-6-4-3-5-7-8/h3-20H,1-2H3;2-9H,1H3;2-8H,1H3;2-8H,1H3;3-7H,2H2,1H3. The molecule has 14 rings (SSSR count). The Bertz CT molecular complexity index is 4080. The molecule has 2 heteroatoms. The third-order valence-electron chi connectivity index (χ3n) is 14.8. The van der Waals surface area contributed by atoms with Gasteiger partial charge in [0.15, 0.2) is 0 Å². The average Bonchev–Trinajstić information content (AvgIpc) is 4.13. The van der Waals surface area contributed by atoms with Crippen molar-refractivity contribution in [1.29, 1.82) is 0 Å². The van der Waals surface area contributed by atoms with Gasteiger partial charge in [-0.15, -0.1) is 11.3 Å². The molecule has 1 aromatic heterocycles. The zero-order valence-electron chi connectivity index (χ0n) is 45.5. The van der Waals surface area contributed by atoms with Crippen molar-refractivity contribution in [1.82, 2.24) is 0 Å². The lowest BCUT2D eigenvalue weighted by Gasteiger charge is -2.34. The SMILES string of the molecule is CCc1ccccc1.Cc1ccc(-c2ccccc2)c(F)c1.Cc1ccc2c(c1)C(c1ccccc1)(c1ccccc1)c1cc(C)c3ccccc3c1-2.Cc1ccc2ccccc2c1.Cc1ccc2sc3ccccc3c2c1. The number of halogens is 1. The van der Waals surface area contributed by atoms with E-state index in [9.17, 15) is 4.39 Å². The molecule has 78 heavy (non-hydrogen) atoms. The molecule has 0 saturated carbocycles. The lowest BCUT2D eigenvalue weighted by molar-refractivity contribution is 0.630. The van der Waals surface area contributed by atoms with Crippen molar-refractivity contribution in [3.63, 3.8) is 0 Å². The van der Waals surface area contributed by atoms with Crippen LogP contribution in [0.25, 0.3) is 64.0 Å². The largest absolute Gasteiger partial charge is 0.206 e. The molecule has 0 saturated heterocycles. The van der Waals surface area contributed by atoms with Crippen LogP contribution >= 0.6 is 11.3 Å². The van der Waals surface area contributed by atoms with E-state index in [1.807, 2.05) is 66.8 Å². The highest BCUT2D eigenvalue weighted by Gasteiger charge is 2.47. The van der Waals surface area contributed by atoms with E-state index < -0.39 is 0 Å². The van der Waals surface area contributed by atoms with Crippen molar-refractivity contribution < 1.29 is 4.39 Å². The topological polar surface area (TPSA) is 0 Å². The Morgan fingerprint density at radius 2 is 0.846 bits per heavy atom. The highest BCUT2D eigenvalue weighted by molar-refractivity contribution is 7.25. The van der Waals surface area contributed by atoms with Crippen LogP contribution in [0, 0.1) is 40.4 Å². The zero-order valence-corrected chi connectivity index (χ0v) is 46.3. The fraction of sp³-hybridized carbons (Fsp3) is 0.105. The quantitative estimate of drug-likeness (QED) is 0.165. The first-order chi connectivity index (χ1) is 38.1. The Kier molecular flexibility index (Phi) is 16.3. The van der Waals surface area contributed by atoms with Crippen LogP contribution in [0.2, 0.25) is 0 Å². The Hall–Kier alpha value is -8.69. The smallest absolute Gasteiger partial charge is 0.131 e. The molecule has 12 aromatic carbocycles. The van der Waals surface area contributed by atoms with E-state index in [0.29, 0.717) is 5.56 Å². The highest BCUT2D eigenvalue weighted by atomic mass is 32.1. The lowest BCUT2D eigenvalue weighted by atomic mass is 9.67. The number of benzene rings is 12. The van der Waals surface area contributed by atoms with Gasteiger partial charge in [-0.2, -0.15) is 0 Å². The third-order valence-corrected chi connectivity index (χ3v) is 16.0. The van der Waals surface area contributed by atoms with E-state index in [1.165, 1.54) is 103 Å². The summed E-state index contributed by atoms with van der Waals surface area (Å²) in [7, 11) is 0. The molecule has 0 aliphatic heterocycles. The monoisotopic (exact) mass is 1030 g/mol. The van der Waals surface area contributed by atoms with Gasteiger partial charge in [-0.1, -0.05) is 272 Å². The van der Waals surface area contributed by atoms with E-state index in [-0.39, 0.29) is 11.2 Å². The summed E-state index contributed by atoms with van der Waals surface area (Å²) in [5.74, 6) is -0.156. The number of fused-ring (bicyclic) bond motifs is 9. The summed E-state index contributed by atoms with van der Waals surface area (Å²) in [5.41, 5.74) is 17.0. The van der Waals surface area contributed by atoms with E-state index in [4.69, 9.17) is 0 Å². The second kappa shape index (κ2) is 24.1. The maximum atomic E-state index is 13.5. The summed E-state index contributed by atoms with van der Waals surface area (Å²) in [4.78, 5) is 0. The van der Waals surface area contributed by atoms with Crippen LogP contribution in [0.4, 0.5) is 4.39 Å². The molecular formula is C76H65FS. The first-order valence-electron chi connectivity index (χ1n) is 27.1. The predicted molar refractivity (Wildman–Crippen MR) is 336 cm³/mol. The number of aryl methyl sites for hydroxylation is 6. The molecule has 1 aliphatic carbocycles. The number of hydrogen-bond donors (Lipinski definition) is 0. The van der Waals surface area contributed by atoms with E-state index in [0.717, 1.165) is 17.5 Å². The van der Waals surface area contributed by atoms with Gasteiger partial charge in [0.25, 0.3) is 0 Å². The van der Waals surface area contributed by atoms with Crippen LogP contribution in [0.3, 0.4) is 0 Å². The summed E-state index contributed by atoms with van der Waals surface area (Å²) in [6.07, 6.45) is 1.14. The van der Waals surface area contributed by atoms with Crippen LogP contribution in [0.1, 0.15) is 62.6 Å².